The number of carbonyl (C=O) groups is 1. The Bertz CT molecular complexity index is 477. The number of hydrogen-bond donors (Lipinski definition) is 1. The maximum Gasteiger partial charge on any atom is 0.146 e. The summed E-state index contributed by atoms with van der Waals surface area (Å²) in [6, 6.07) is 4.30. The monoisotopic (exact) mass is 231 g/mol. The van der Waals surface area contributed by atoms with E-state index in [1.807, 2.05) is 0 Å². The molecular weight excluding hydrogens is 217 g/mol. The first kappa shape index (κ1) is 12.9. The van der Waals surface area contributed by atoms with Gasteiger partial charge in [-0.1, -0.05) is 37.5 Å². The summed E-state index contributed by atoms with van der Waals surface area (Å²) in [7, 11) is 0. The second kappa shape index (κ2) is 5.80. The van der Waals surface area contributed by atoms with Gasteiger partial charge in [0.15, 0.2) is 0 Å². The molecule has 1 unspecified atom stereocenters. The van der Waals surface area contributed by atoms with Crippen molar-refractivity contribution < 1.29 is 9.18 Å². The first-order valence-electron chi connectivity index (χ1n) is 5.08. The van der Waals surface area contributed by atoms with Gasteiger partial charge in [-0.3, -0.25) is 0 Å². The topological polar surface area (TPSA) is 43.1 Å². The highest BCUT2D eigenvalue weighted by Gasteiger charge is 2.13. The molecule has 0 amide bonds. The van der Waals surface area contributed by atoms with Gasteiger partial charge in [-0.15, -0.1) is 0 Å². The summed E-state index contributed by atoms with van der Waals surface area (Å²) in [4.78, 5) is 11.0. The van der Waals surface area contributed by atoms with Crippen molar-refractivity contribution in [1.29, 1.82) is 0 Å². The van der Waals surface area contributed by atoms with Crippen molar-refractivity contribution in [3.63, 3.8) is 0 Å². The van der Waals surface area contributed by atoms with Crippen molar-refractivity contribution in [2.24, 2.45) is 0 Å². The quantitative estimate of drug-likeness (QED) is 0.481. The molecule has 88 valence electrons. The molecule has 0 saturated heterocycles. The van der Waals surface area contributed by atoms with Crippen molar-refractivity contribution in [3.8, 4) is 0 Å². The summed E-state index contributed by atoms with van der Waals surface area (Å²) in [5.41, 5.74) is 6.54. The Kier molecular flexibility index (Phi) is 4.40. The molecule has 3 heteroatoms. The zero-order valence-electron chi connectivity index (χ0n) is 9.40. The molecule has 0 aromatic heterocycles. The molecule has 2 N–H and O–H groups in total. The molecule has 17 heavy (non-hydrogen) atoms. The van der Waals surface area contributed by atoms with Crippen molar-refractivity contribution in [3.05, 3.63) is 66.5 Å². The van der Waals surface area contributed by atoms with Gasteiger partial charge in [0.2, 0.25) is 0 Å². The molecule has 1 rings (SSSR count). The van der Waals surface area contributed by atoms with Gasteiger partial charge >= 0.3 is 0 Å². The highest BCUT2D eigenvalue weighted by molar-refractivity contribution is 5.69. The van der Waals surface area contributed by atoms with Crippen LogP contribution in [0.1, 0.15) is 11.5 Å². The van der Waals surface area contributed by atoms with Crippen LogP contribution in [0.5, 0.6) is 0 Å². The van der Waals surface area contributed by atoms with Crippen molar-refractivity contribution in [2.45, 2.75) is 5.92 Å². The van der Waals surface area contributed by atoms with Crippen LogP contribution in [0.2, 0.25) is 0 Å². The molecule has 0 aliphatic rings. The molecular formula is C14H14FNO. The number of halogens is 1. The molecule has 0 fully saturated rings. The molecule has 1 aromatic rings. The Balaban J connectivity index is 3.05. The summed E-state index contributed by atoms with van der Waals surface area (Å²) in [6.45, 7) is 7.30. The van der Waals surface area contributed by atoms with E-state index in [2.05, 4.69) is 13.2 Å². The number of nitrogens with two attached hydrogens (primary N) is 1. The van der Waals surface area contributed by atoms with Gasteiger partial charge < -0.3 is 10.5 Å². The van der Waals surface area contributed by atoms with E-state index in [-0.39, 0.29) is 5.69 Å². The molecule has 0 aliphatic heterocycles. The van der Waals surface area contributed by atoms with Crippen LogP contribution in [-0.4, -0.2) is 6.29 Å². The minimum absolute atomic E-state index is 0.0608. The maximum absolute atomic E-state index is 13.3. The van der Waals surface area contributed by atoms with Crippen molar-refractivity contribution in [2.75, 3.05) is 5.73 Å². The van der Waals surface area contributed by atoms with E-state index in [9.17, 15) is 9.18 Å². The Morgan fingerprint density at radius 2 is 2.18 bits per heavy atom. The van der Waals surface area contributed by atoms with Gasteiger partial charge in [0.25, 0.3) is 0 Å². The smallest absolute Gasteiger partial charge is 0.146 e. The van der Waals surface area contributed by atoms with Crippen LogP contribution in [0.3, 0.4) is 0 Å². The maximum atomic E-state index is 13.3. The minimum Gasteiger partial charge on any atom is -0.396 e. The van der Waals surface area contributed by atoms with E-state index in [0.29, 0.717) is 11.1 Å². The molecule has 1 atom stereocenters. The summed E-state index contributed by atoms with van der Waals surface area (Å²) >= 11 is 0. The predicted octanol–water partition coefficient (Wildman–Crippen LogP) is 2.99. The number of hydrogen-bond acceptors (Lipinski definition) is 2. The fourth-order valence-electron chi connectivity index (χ4n) is 1.41. The number of anilines is 1. The summed E-state index contributed by atoms with van der Waals surface area (Å²) in [5.74, 6) is -1.10. The van der Waals surface area contributed by atoms with Crippen LogP contribution in [0.4, 0.5) is 10.1 Å². The highest BCUT2D eigenvalue weighted by atomic mass is 19.1. The van der Waals surface area contributed by atoms with E-state index in [1.165, 1.54) is 12.1 Å². The molecule has 2 nitrogen and oxygen atoms in total. The summed E-state index contributed by atoms with van der Waals surface area (Å²) in [5, 5.41) is 0. The standard InChI is InChI=1S/C14H14FNO/c1-3-4-5-10(2)12(9-17)11-6-7-14(16)13(15)8-11/h3-9,12H,1-2,16H2/b5-4-. The zero-order chi connectivity index (χ0) is 12.8. The van der Waals surface area contributed by atoms with Crippen LogP contribution in [0.25, 0.3) is 0 Å². The molecule has 0 heterocycles. The third-order valence-corrected chi connectivity index (χ3v) is 2.37. The lowest BCUT2D eigenvalue weighted by Gasteiger charge is -2.11. The molecule has 0 aliphatic carbocycles. The molecule has 0 radical (unpaired) electrons. The largest absolute Gasteiger partial charge is 0.396 e. The van der Waals surface area contributed by atoms with E-state index >= 15 is 0 Å². The Hall–Kier alpha value is -2.16. The van der Waals surface area contributed by atoms with Gasteiger partial charge in [-0.25, -0.2) is 4.39 Å². The molecule has 0 saturated carbocycles. The van der Waals surface area contributed by atoms with Gasteiger partial charge in [-0.05, 0) is 23.3 Å². The number of aldehydes is 1. The van der Waals surface area contributed by atoms with Gasteiger partial charge in [0.05, 0.1) is 11.6 Å². The average molecular weight is 231 g/mol. The predicted molar refractivity (Wildman–Crippen MR) is 68.1 cm³/mol. The Morgan fingerprint density at radius 3 is 2.71 bits per heavy atom. The summed E-state index contributed by atoms with van der Waals surface area (Å²) in [6.07, 6.45) is 5.64. The van der Waals surface area contributed by atoms with E-state index < -0.39 is 11.7 Å². The van der Waals surface area contributed by atoms with Crippen molar-refractivity contribution in [1.82, 2.24) is 0 Å². The normalized spacial score (nSPS) is 12.3. The fraction of sp³-hybridized carbons (Fsp3) is 0.0714. The van der Waals surface area contributed by atoms with Crippen molar-refractivity contribution >= 4 is 12.0 Å². The third kappa shape index (κ3) is 3.14. The Labute approximate surface area is 99.9 Å². The average Bonchev–Trinajstić information content (AvgIpc) is 2.32. The van der Waals surface area contributed by atoms with Crippen LogP contribution in [0, 0.1) is 5.82 Å². The summed E-state index contributed by atoms with van der Waals surface area (Å²) < 4.78 is 13.3. The van der Waals surface area contributed by atoms with E-state index in [4.69, 9.17) is 5.73 Å². The first-order chi connectivity index (χ1) is 8.10. The van der Waals surface area contributed by atoms with E-state index in [1.54, 1.807) is 24.3 Å². The lowest BCUT2D eigenvalue weighted by atomic mass is 9.93. The molecule has 0 bridgehead atoms. The number of nitrogen functional groups attached to an aromatic ring is 1. The SMILES string of the molecule is C=C/C=C\C(=C)C(C=O)c1ccc(N)c(F)c1. The lowest BCUT2D eigenvalue weighted by Crippen LogP contribution is -2.03. The second-order valence-corrected chi connectivity index (χ2v) is 3.56. The molecule has 0 spiro atoms. The molecule has 1 aromatic carbocycles. The van der Waals surface area contributed by atoms with Gasteiger partial charge in [0, 0.05) is 0 Å². The van der Waals surface area contributed by atoms with Crippen LogP contribution in [-0.2, 0) is 4.79 Å². The number of benzene rings is 1. The van der Waals surface area contributed by atoms with Gasteiger partial charge in [0.1, 0.15) is 12.1 Å². The number of allylic oxidation sites excluding steroid dienone is 4. The lowest BCUT2D eigenvalue weighted by molar-refractivity contribution is -0.108. The van der Waals surface area contributed by atoms with Crippen LogP contribution >= 0.6 is 0 Å². The minimum atomic E-state index is -0.568. The fourth-order valence-corrected chi connectivity index (χ4v) is 1.41. The van der Waals surface area contributed by atoms with Gasteiger partial charge in [-0.2, -0.15) is 0 Å². The third-order valence-electron chi connectivity index (χ3n) is 2.37. The zero-order valence-corrected chi connectivity index (χ0v) is 9.40. The number of carbonyl (C=O) groups excluding carboxylic acids is 1. The van der Waals surface area contributed by atoms with E-state index in [0.717, 1.165) is 6.29 Å². The van der Waals surface area contributed by atoms with Crippen LogP contribution in [0.15, 0.2) is 55.2 Å². The second-order valence-electron chi connectivity index (χ2n) is 3.56. The first-order valence-corrected chi connectivity index (χ1v) is 5.08. The highest BCUT2D eigenvalue weighted by Crippen LogP contribution is 2.24. The number of rotatable bonds is 5. The Morgan fingerprint density at radius 1 is 1.47 bits per heavy atom. The van der Waals surface area contributed by atoms with Crippen LogP contribution < -0.4 is 5.73 Å².